The van der Waals surface area contributed by atoms with Crippen LogP contribution in [0.4, 0.5) is 15.8 Å². The molecule has 0 fully saturated rings. The predicted molar refractivity (Wildman–Crippen MR) is 68.5 cm³/mol. The number of nitrogens with two attached hydrogens (primary N) is 1. The number of anilines is 1. The third kappa shape index (κ3) is 2.99. The van der Waals surface area contributed by atoms with Gasteiger partial charge in [-0.15, -0.1) is 0 Å². The third-order valence-corrected chi connectivity index (χ3v) is 2.58. The van der Waals surface area contributed by atoms with Crippen LogP contribution < -0.4 is 16.4 Å². The second kappa shape index (κ2) is 5.95. The first-order chi connectivity index (χ1) is 9.29. The van der Waals surface area contributed by atoms with Crippen molar-refractivity contribution < 1.29 is 18.9 Å². The number of carbonyl (C=O) groups is 2. The van der Waals surface area contributed by atoms with E-state index in [-0.39, 0.29) is 0 Å². The molecule has 0 aliphatic heterocycles. The molecule has 0 aliphatic carbocycles. The lowest BCUT2D eigenvalue weighted by Gasteiger charge is -2.13. The Hall–Kier alpha value is -2.71. The lowest BCUT2D eigenvalue weighted by atomic mass is 10.1. The number of carbonyl (C=O) groups excluding carboxylic acids is 2. The van der Waals surface area contributed by atoms with Gasteiger partial charge in [0.25, 0.3) is 11.6 Å². The first-order valence-corrected chi connectivity index (χ1v) is 5.54. The number of benzene rings is 1. The topological polar surface area (TPSA) is 127 Å². The number of nitrogen functional groups attached to an aromatic ring is 1. The van der Waals surface area contributed by atoms with Crippen molar-refractivity contribution in [2.45, 2.75) is 13.0 Å². The van der Waals surface area contributed by atoms with Crippen LogP contribution in [0.5, 0.6) is 0 Å². The summed E-state index contributed by atoms with van der Waals surface area (Å²) in [6, 6.07) is 0.697. The number of hydrogen-bond donors (Lipinski definition) is 3. The number of nitro groups is 1. The van der Waals surface area contributed by atoms with Crippen LogP contribution in [0.2, 0.25) is 0 Å². The summed E-state index contributed by atoms with van der Waals surface area (Å²) in [5.74, 6) is -2.50. The Morgan fingerprint density at radius 3 is 2.55 bits per heavy atom. The van der Waals surface area contributed by atoms with E-state index in [0.29, 0.717) is 0 Å². The summed E-state index contributed by atoms with van der Waals surface area (Å²) in [4.78, 5) is 33.0. The van der Waals surface area contributed by atoms with Crippen LogP contribution >= 0.6 is 0 Å². The van der Waals surface area contributed by atoms with E-state index in [4.69, 9.17) is 5.73 Å². The maximum atomic E-state index is 13.6. The lowest BCUT2D eigenvalue weighted by Crippen LogP contribution is -2.44. The largest absolute Gasteiger partial charge is 0.392 e. The molecule has 20 heavy (non-hydrogen) atoms. The minimum absolute atomic E-state index is 0.497. The zero-order chi connectivity index (χ0) is 15.4. The number of rotatable bonds is 4. The highest BCUT2D eigenvalue weighted by Crippen LogP contribution is 2.27. The Labute approximate surface area is 113 Å². The van der Waals surface area contributed by atoms with Gasteiger partial charge in [-0.25, -0.2) is 4.39 Å². The summed E-state index contributed by atoms with van der Waals surface area (Å²) in [5.41, 5.74) is 3.60. The van der Waals surface area contributed by atoms with Crippen molar-refractivity contribution in [1.82, 2.24) is 10.6 Å². The number of nitrogens with zero attached hydrogens (tertiary/aromatic N) is 1. The Morgan fingerprint density at radius 1 is 1.45 bits per heavy atom. The quantitative estimate of drug-likeness (QED) is 0.413. The predicted octanol–water partition coefficient (Wildman–Crippen LogP) is 0.180. The summed E-state index contributed by atoms with van der Waals surface area (Å²) >= 11 is 0. The van der Waals surface area contributed by atoms with E-state index >= 15 is 0 Å². The van der Waals surface area contributed by atoms with Gasteiger partial charge in [0.1, 0.15) is 23.1 Å². The first-order valence-electron chi connectivity index (χ1n) is 5.54. The Morgan fingerprint density at radius 2 is 2.05 bits per heavy atom. The molecule has 0 heterocycles. The van der Waals surface area contributed by atoms with E-state index < -0.39 is 45.5 Å². The number of likely N-dealkylation sites (N-methyl/N-ethyl adjacent to an activating group) is 1. The monoisotopic (exact) mass is 284 g/mol. The molecule has 0 aromatic heterocycles. The van der Waals surface area contributed by atoms with Crippen LogP contribution in [0.15, 0.2) is 12.1 Å². The molecule has 0 spiro atoms. The van der Waals surface area contributed by atoms with Crippen molar-refractivity contribution >= 4 is 23.2 Å². The number of halogens is 1. The standard InChI is InChI=1S/C11H13FN4O4/c1-5(10(17)14-2)15-11(18)8-6(12)3-4-7(9(8)13)16(19)20/h3-5H,13H2,1-2H3,(H,14,17)(H,15,18). The smallest absolute Gasteiger partial charge is 0.293 e. The fourth-order valence-electron chi connectivity index (χ4n) is 1.52. The minimum atomic E-state index is -1.00. The van der Waals surface area contributed by atoms with Gasteiger partial charge in [-0.05, 0) is 13.0 Å². The number of nitro benzene ring substituents is 1. The van der Waals surface area contributed by atoms with E-state index in [0.717, 1.165) is 12.1 Å². The van der Waals surface area contributed by atoms with Crippen molar-refractivity contribution in [3.8, 4) is 0 Å². The molecule has 1 unspecified atom stereocenters. The summed E-state index contributed by atoms with van der Waals surface area (Å²) in [7, 11) is 1.37. The van der Waals surface area contributed by atoms with Crippen LogP contribution in [0.1, 0.15) is 17.3 Å². The molecule has 0 bridgehead atoms. The molecule has 2 amide bonds. The van der Waals surface area contributed by atoms with E-state index in [1.54, 1.807) is 0 Å². The first kappa shape index (κ1) is 15.3. The number of hydrogen-bond acceptors (Lipinski definition) is 5. The highest BCUT2D eigenvalue weighted by atomic mass is 19.1. The maximum absolute atomic E-state index is 13.6. The van der Waals surface area contributed by atoms with Crippen LogP contribution in [0.25, 0.3) is 0 Å². The molecule has 8 nitrogen and oxygen atoms in total. The molecule has 0 aliphatic rings. The average molecular weight is 284 g/mol. The average Bonchev–Trinajstić information content (AvgIpc) is 2.37. The summed E-state index contributed by atoms with van der Waals surface area (Å²) < 4.78 is 13.6. The van der Waals surface area contributed by atoms with Gasteiger partial charge in [0, 0.05) is 13.1 Å². The van der Waals surface area contributed by atoms with Crippen molar-refractivity contribution in [3.05, 3.63) is 33.6 Å². The third-order valence-electron chi connectivity index (χ3n) is 2.58. The van der Waals surface area contributed by atoms with Gasteiger partial charge < -0.3 is 16.4 Å². The SMILES string of the molecule is CNC(=O)C(C)NC(=O)c1c(F)ccc([N+](=O)[O-])c1N. The van der Waals surface area contributed by atoms with Crippen molar-refractivity contribution in [2.75, 3.05) is 12.8 Å². The molecule has 0 saturated carbocycles. The molecule has 1 aromatic rings. The van der Waals surface area contributed by atoms with Gasteiger partial charge in [0.15, 0.2) is 0 Å². The van der Waals surface area contributed by atoms with E-state index in [2.05, 4.69) is 10.6 Å². The molecular formula is C11H13FN4O4. The van der Waals surface area contributed by atoms with Crippen molar-refractivity contribution in [1.29, 1.82) is 0 Å². The van der Waals surface area contributed by atoms with Crippen molar-refractivity contribution in [3.63, 3.8) is 0 Å². The van der Waals surface area contributed by atoms with Gasteiger partial charge in [-0.2, -0.15) is 0 Å². The zero-order valence-electron chi connectivity index (χ0n) is 10.8. The van der Waals surface area contributed by atoms with Crippen LogP contribution in [-0.4, -0.2) is 29.8 Å². The second-order valence-corrected chi connectivity index (χ2v) is 3.92. The van der Waals surface area contributed by atoms with Gasteiger partial charge in [-0.1, -0.05) is 0 Å². The summed E-state index contributed by atoms with van der Waals surface area (Å²) in [6.07, 6.45) is 0. The molecule has 0 saturated heterocycles. The molecule has 0 radical (unpaired) electrons. The van der Waals surface area contributed by atoms with Crippen molar-refractivity contribution in [2.24, 2.45) is 0 Å². The Bertz CT molecular complexity index is 576. The minimum Gasteiger partial charge on any atom is -0.392 e. The van der Waals surface area contributed by atoms with E-state index in [1.807, 2.05) is 0 Å². The molecule has 1 rings (SSSR count). The van der Waals surface area contributed by atoms with Crippen LogP contribution in [-0.2, 0) is 4.79 Å². The normalized spacial score (nSPS) is 11.6. The fourth-order valence-corrected chi connectivity index (χ4v) is 1.52. The maximum Gasteiger partial charge on any atom is 0.293 e. The van der Waals surface area contributed by atoms with E-state index in [9.17, 15) is 24.1 Å². The van der Waals surface area contributed by atoms with E-state index in [1.165, 1.54) is 14.0 Å². The number of amides is 2. The van der Waals surface area contributed by atoms with Gasteiger partial charge in [-0.3, -0.25) is 19.7 Å². The molecule has 1 atom stereocenters. The molecule has 9 heteroatoms. The highest BCUT2D eigenvalue weighted by molar-refractivity contribution is 6.03. The Balaban J connectivity index is 3.13. The van der Waals surface area contributed by atoms with Crippen LogP contribution in [0, 0.1) is 15.9 Å². The summed E-state index contributed by atoms with van der Waals surface area (Å²) in [5, 5.41) is 15.2. The van der Waals surface area contributed by atoms with Gasteiger partial charge in [0.2, 0.25) is 5.91 Å². The molecule has 4 N–H and O–H groups in total. The summed E-state index contributed by atoms with van der Waals surface area (Å²) in [6.45, 7) is 1.38. The zero-order valence-corrected chi connectivity index (χ0v) is 10.8. The Kier molecular flexibility index (Phi) is 4.57. The number of nitrogens with one attached hydrogen (secondary N) is 2. The van der Waals surface area contributed by atoms with Gasteiger partial charge in [0.05, 0.1) is 4.92 Å². The van der Waals surface area contributed by atoms with Crippen LogP contribution in [0.3, 0.4) is 0 Å². The highest BCUT2D eigenvalue weighted by Gasteiger charge is 2.25. The molecule has 1 aromatic carbocycles. The fraction of sp³-hybridized carbons (Fsp3) is 0.273. The molecule has 108 valence electrons. The second-order valence-electron chi connectivity index (χ2n) is 3.92. The molecular weight excluding hydrogens is 271 g/mol. The lowest BCUT2D eigenvalue weighted by molar-refractivity contribution is -0.384. The van der Waals surface area contributed by atoms with Gasteiger partial charge >= 0.3 is 0 Å².